The predicted octanol–water partition coefficient (Wildman–Crippen LogP) is 2.16. The molecular formula is C22H29N5O3. The van der Waals surface area contributed by atoms with Gasteiger partial charge in [-0.15, -0.1) is 5.10 Å². The van der Waals surface area contributed by atoms with Crippen molar-refractivity contribution in [1.29, 1.82) is 0 Å². The standard InChI is InChI=1S/C22H29N5O3/c1-15-3-4-16-13-20(15)30-12-2-11-27-14-19(25-26-27)9-10-21(28)23-17-5-7-18(8-6-17)24-22(16)29/h3-4,13-14,17-18H,2,5-12H2,1H3,(H,23,28)(H,24,29). The predicted molar refractivity (Wildman–Crippen MR) is 111 cm³/mol. The van der Waals surface area contributed by atoms with Crippen LogP contribution in [0.4, 0.5) is 0 Å². The fourth-order valence-corrected chi connectivity index (χ4v) is 4.06. The molecule has 2 N–H and O–H groups in total. The SMILES string of the molecule is Cc1ccc2cc1OCCCn1cc(nn1)CCC(=O)NC1CCC(CC1)NC2=O. The summed E-state index contributed by atoms with van der Waals surface area (Å²) in [6, 6.07) is 5.89. The Kier molecular flexibility index (Phi) is 6.30. The number of ether oxygens (including phenoxy) is 1. The lowest BCUT2D eigenvalue weighted by Crippen LogP contribution is -2.43. The van der Waals surface area contributed by atoms with Gasteiger partial charge in [0.2, 0.25) is 5.91 Å². The lowest BCUT2D eigenvalue weighted by molar-refractivity contribution is -0.122. The van der Waals surface area contributed by atoms with Gasteiger partial charge in [0.1, 0.15) is 5.75 Å². The number of benzene rings is 1. The third-order valence-corrected chi connectivity index (χ3v) is 5.86. The number of fused-ring (bicyclic) bond motifs is 9. The molecule has 2 aliphatic heterocycles. The molecule has 1 aromatic heterocycles. The molecule has 0 radical (unpaired) electrons. The van der Waals surface area contributed by atoms with Crippen LogP contribution in [-0.4, -0.2) is 45.5 Å². The highest BCUT2D eigenvalue weighted by Crippen LogP contribution is 2.22. The van der Waals surface area contributed by atoms with E-state index in [0.717, 1.165) is 49.1 Å². The smallest absolute Gasteiger partial charge is 0.251 e. The maximum Gasteiger partial charge on any atom is 0.251 e. The lowest BCUT2D eigenvalue weighted by atomic mass is 9.90. The summed E-state index contributed by atoms with van der Waals surface area (Å²) in [6.07, 6.45) is 7.12. The Labute approximate surface area is 176 Å². The minimum absolute atomic E-state index is 0.0482. The monoisotopic (exact) mass is 411 g/mol. The Morgan fingerprint density at radius 3 is 2.63 bits per heavy atom. The van der Waals surface area contributed by atoms with Crippen LogP contribution >= 0.6 is 0 Å². The first-order valence-corrected chi connectivity index (χ1v) is 10.8. The van der Waals surface area contributed by atoms with Gasteiger partial charge in [-0.25, -0.2) is 0 Å². The van der Waals surface area contributed by atoms with Gasteiger partial charge in [-0.2, -0.15) is 0 Å². The van der Waals surface area contributed by atoms with Crippen LogP contribution in [0.3, 0.4) is 0 Å². The van der Waals surface area contributed by atoms with Crippen LogP contribution in [0.15, 0.2) is 24.4 Å². The van der Waals surface area contributed by atoms with E-state index in [4.69, 9.17) is 4.74 Å². The number of hydrogen-bond donors (Lipinski definition) is 2. The molecule has 2 aromatic rings. The molecule has 0 saturated heterocycles. The average molecular weight is 412 g/mol. The molecule has 0 unspecified atom stereocenters. The number of hydrogen-bond acceptors (Lipinski definition) is 5. The molecule has 8 heteroatoms. The molecule has 1 aliphatic carbocycles. The van der Waals surface area contributed by atoms with Crippen molar-refractivity contribution >= 4 is 11.8 Å². The Balaban J connectivity index is 1.48. The van der Waals surface area contributed by atoms with Crippen molar-refractivity contribution in [2.45, 2.75) is 70.5 Å². The lowest BCUT2D eigenvalue weighted by Gasteiger charge is -2.29. The van der Waals surface area contributed by atoms with E-state index in [0.29, 0.717) is 31.6 Å². The largest absolute Gasteiger partial charge is 0.493 e. The van der Waals surface area contributed by atoms with E-state index in [9.17, 15) is 9.59 Å². The highest BCUT2D eigenvalue weighted by molar-refractivity contribution is 5.94. The Bertz CT molecular complexity index is 902. The van der Waals surface area contributed by atoms with E-state index in [1.165, 1.54) is 0 Å². The van der Waals surface area contributed by atoms with Gasteiger partial charge in [0, 0.05) is 49.7 Å². The van der Waals surface area contributed by atoms with Crippen LogP contribution in [0.25, 0.3) is 0 Å². The van der Waals surface area contributed by atoms with Gasteiger partial charge in [-0.05, 0) is 50.3 Å². The Morgan fingerprint density at radius 2 is 1.83 bits per heavy atom. The van der Waals surface area contributed by atoms with Crippen molar-refractivity contribution < 1.29 is 14.3 Å². The van der Waals surface area contributed by atoms with Crippen molar-refractivity contribution in [2.75, 3.05) is 6.61 Å². The molecule has 3 aliphatic rings. The number of carbonyl (C=O) groups is 2. The van der Waals surface area contributed by atoms with E-state index in [2.05, 4.69) is 20.9 Å². The van der Waals surface area contributed by atoms with Crippen molar-refractivity contribution in [3.8, 4) is 5.75 Å². The maximum absolute atomic E-state index is 12.7. The molecule has 160 valence electrons. The van der Waals surface area contributed by atoms with E-state index in [1.54, 1.807) is 4.68 Å². The van der Waals surface area contributed by atoms with Crippen molar-refractivity contribution in [2.24, 2.45) is 0 Å². The van der Waals surface area contributed by atoms with E-state index < -0.39 is 0 Å². The molecule has 8 nitrogen and oxygen atoms in total. The number of nitrogens with one attached hydrogen (secondary N) is 2. The summed E-state index contributed by atoms with van der Waals surface area (Å²) in [5, 5.41) is 14.6. The van der Waals surface area contributed by atoms with Crippen LogP contribution in [-0.2, 0) is 17.8 Å². The molecule has 1 saturated carbocycles. The van der Waals surface area contributed by atoms with Crippen LogP contribution in [0.2, 0.25) is 0 Å². The second-order valence-corrected chi connectivity index (χ2v) is 8.24. The highest BCUT2D eigenvalue weighted by atomic mass is 16.5. The summed E-state index contributed by atoms with van der Waals surface area (Å²) >= 11 is 0. The van der Waals surface area contributed by atoms with Crippen LogP contribution in [0.1, 0.15) is 60.1 Å². The van der Waals surface area contributed by atoms with Gasteiger partial charge in [-0.1, -0.05) is 11.3 Å². The summed E-state index contributed by atoms with van der Waals surface area (Å²) in [6.45, 7) is 3.18. The molecule has 0 atom stereocenters. The summed E-state index contributed by atoms with van der Waals surface area (Å²) < 4.78 is 7.72. The second-order valence-electron chi connectivity index (χ2n) is 8.24. The van der Waals surface area contributed by atoms with Gasteiger partial charge >= 0.3 is 0 Å². The topological polar surface area (TPSA) is 98.1 Å². The minimum Gasteiger partial charge on any atom is -0.493 e. The molecule has 5 rings (SSSR count). The molecule has 1 fully saturated rings. The van der Waals surface area contributed by atoms with Crippen molar-refractivity contribution in [3.63, 3.8) is 0 Å². The van der Waals surface area contributed by atoms with Crippen LogP contribution in [0.5, 0.6) is 5.75 Å². The van der Waals surface area contributed by atoms with Gasteiger partial charge in [-0.3, -0.25) is 14.3 Å². The number of aryl methyl sites for hydroxylation is 3. The second kappa shape index (κ2) is 9.28. The van der Waals surface area contributed by atoms with E-state index >= 15 is 0 Å². The van der Waals surface area contributed by atoms with E-state index in [-0.39, 0.29) is 23.9 Å². The molecule has 2 amide bonds. The maximum atomic E-state index is 12.7. The quantitative estimate of drug-likeness (QED) is 0.692. The number of nitrogens with zero attached hydrogens (tertiary/aromatic N) is 3. The molecular weight excluding hydrogens is 382 g/mol. The van der Waals surface area contributed by atoms with Crippen molar-refractivity contribution in [1.82, 2.24) is 25.6 Å². The summed E-state index contributed by atoms with van der Waals surface area (Å²) in [7, 11) is 0. The zero-order valence-corrected chi connectivity index (χ0v) is 17.4. The van der Waals surface area contributed by atoms with Gasteiger partial charge in [0.05, 0.1) is 12.3 Å². The number of amides is 2. The number of rotatable bonds is 0. The first-order chi connectivity index (χ1) is 14.6. The normalized spacial score (nSPS) is 23.2. The summed E-state index contributed by atoms with van der Waals surface area (Å²) in [5.74, 6) is 0.715. The zero-order valence-electron chi connectivity index (χ0n) is 17.4. The first-order valence-electron chi connectivity index (χ1n) is 10.8. The third kappa shape index (κ3) is 5.17. The number of aromatic nitrogens is 3. The zero-order chi connectivity index (χ0) is 20.9. The third-order valence-electron chi connectivity index (χ3n) is 5.86. The minimum atomic E-state index is -0.0723. The Morgan fingerprint density at radius 1 is 1.07 bits per heavy atom. The fraction of sp³-hybridized carbons (Fsp3) is 0.545. The highest BCUT2D eigenvalue weighted by Gasteiger charge is 2.24. The van der Waals surface area contributed by atoms with Crippen LogP contribution in [0, 0.1) is 6.92 Å². The van der Waals surface area contributed by atoms with Gasteiger partial charge in [0.25, 0.3) is 5.91 Å². The van der Waals surface area contributed by atoms with Crippen LogP contribution < -0.4 is 15.4 Å². The molecule has 6 bridgehead atoms. The summed E-state index contributed by atoms with van der Waals surface area (Å²) in [5.41, 5.74) is 2.45. The molecule has 0 spiro atoms. The number of carbonyl (C=O) groups excluding carboxylic acids is 2. The first kappa shape index (κ1) is 20.4. The fourth-order valence-electron chi connectivity index (χ4n) is 4.06. The molecule has 30 heavy (non-hydrogen) atoms. The van der Waals surface area contributed by atoms with Gasteiger partial charge in [0.15, 0.2) is 0 Å². The Hall–Kier alpha value is -2.90. The van der Waals surface area contributed by atoms with Gasteiger partial charge < -0.3 is 15.4 Å². The molecule has 1 aromatic carbocycles. The van der Waals surface area contributed by atoms with Crippen molar-refractivity contribution in [3.05, 3.63) is 41.2 Å². The molecule has 3 heterocycles. The summed E-state index contributed by atoms with van der Waals surface area (Å²) in [4.78, 5) is 25.0. The average Bonchev–Trinajstić information content (AvgIpc) is 3.19. The van der Waals surface area contributed by atoms with E-state index in [1.807, 2.05) is 31.3 Å².